The molecular formula is C21H35IN4O. The van der Waals surface area contributed by atoms with E-state index in [2.05, 4.69) is 53.3 Å². The van der Waals surface area contributed by atoms with Crippen LogP contribution in [0, 0.1) is 0 Å². The fourth-order valence-electron chi connectivity index (χ4n) is 4.10. The number of aliphatic imine (C=N–C) groups is 1. The zero-order valence-electron chi connectivity index (χ0n) is 16.7. The number of hydrogen-bond acceptors (Lipinski definition) is 3. The number of nitrogens with two attached hydrogens (primary N) is 1. The summed E-state index contributed by atoms with van der Waals surface area (Å²) in [4.78, 5) is 6.98. The van der Waals surface area contributed by atoms with Crippen molar-refractivity contribution in [1.29, 1.82) is 0 Å². The van der Waals surface area contributed by atoms with Gasteiger partial charge in [0.25, 0.3) is 0 Å². The maximum atomic E-state index is 6.05. The van der Waals surface area contributed by atoms with Crippen molar-refractivity contribution in [3.8, 4) is 0 Å². The third kappa shape index (κ3) is 7.58. The first-order valence-electron chi connectivity index (χ1n) is 10.1. The van der Waals surface area contributed by atoms with E-state index in [9.17, 15) is 0 Å². The number of rotatable bonds is 5. The molecule has 1 aromatic rings. The predicted molar refractivity (Wildman–Crippen MR) is 122 cm³/mol. The van der Waals surface area contributed by atoms with E-state index in [-0.39, 0.29) is 24.0 Å². The van der Waals surface area contributed by atoms with Crippen LogP contribution in [0.3, 0.4) is 0 Å². The molecule has 0 radical (unpaired) electrons. The maximum Gasteiger partial charge on any atom is 0.189 e. The fourth-order valence-corrected chi connectivity index (χ4v) is 4.10. The van der Waals surface area contributed by atoms with E-state index in [1.54, 1.807) is 0 Å². The largest absolute Gasteiger partial charge is 0.373 e. The molecule has 2 fully saturated rings. The highest BCUT2D eigenvalue weighted by Crippen LogP contribution is 2.17. The average molecular weight is 486 g/mol. The Bertz CT molecular complexity index is 576. The summed E-state index contributed by atoms with van der Waals surface area (Å²) in [5.41, 5.74) is 8.59. The third-order valence-electron chi connectivity index (χ3n) is 5.31. The zero-order valence-corrected chi connectivity index (χ0v) is 19.0. The van der Waals surface area contributed by atoms with E-state index >= 15 is 0 Å². The molecule has 0 spiro atoms. The normalized spacial score (nSPS) is 25.0. The van der Waals surface area contributed by atoms with Gasteiger partial charge in [-0.2, -0.15) is 0 Å². The second-order valence-corrected chi connectivity index (χ2v) is 7.95. The van der Waals surface area contributed by atoms with Gasteiger partial charge in [0.2, 0.25) is 0 Å². The molecule has 0 amide bonds. The molecule has 5 nitrogen and oxygen atoms in total. The molecule has 1 aliphatic carbocycles. The molecule has 6 heteroatoms. The predicted octanol–water partition coefficient (Wildman–Crippen LogP) is 3.65. The van der Waals surface area contributed by atoms with Crippen molar-refractivity contribution in [3.63, 3.8) is 0 Å². The molecule has 1 saturated carbocycles. The Balaban J connectivity index is 0.00000261. The monoisotopic (exact) mass is 486 g/mol. The van der Waals surface area contributed by atoms with Gasteiger partial charge in [0.15, 0.2) is 5.96 Å². The quantitative estimate of drug-likeness (QED) is 0.379. The van der Waals surface area contributed by atoms with E-state index in [1.807, 2.05) is 0 Å². The van der Waals surface area contributed by atoms with Crippen LogP contribution in [-0.2, 0) is 17.8 Å². The van der Waals surface area contributed by atoms with Crippen LogP contribution in [0.5, 0.6) is 0 Å². The molecule has 1 saturated heterocycles. The summed E-state index contributed by atoms with van der Waals surface area (Å²) in [5, 5.41) is 3.37. The van der Waals surface area contributed by atoms with Crippen molar-refractivity contribution in [3.05, 3.63) is 35.4 Å². The molecule has 152 valence electrons. The second kappa shape index (κ2) is 11.2. The molecule has 1 aliphatic heterocycles. The average Bonchev–Trinajstić information content (AvgIpc) is 2.61. The minimum atomic E-state index is 0. The highest BCUT2D eigenvalue weighted by atomic mass is 127. The number of ether oxygens (including phenoxy) is 1. The smallest absolute Gasteiger partial charge is 0.189 e. The van der Waals surface area contributed by atoms with Gasteiger partial charge >= 0.3 is 0 Å². The van der Waals surface area contributed by atoms with Gasteiger partial charge in [-0.15, -0.1) is 24.0 Å². The van der Waals surface area contributed by atoms with Gasteiger partial charge in [0.05, 0.1) is 18.8 Å². The molecule has 1 aromatic carbocycles. The summed E-state index contributed by atoms with van der Waals surface area (Å²) < 4.78 is 5.81. The minimum Gasteiger partial charge on any atom is -0.373 e. The van der Waals surface area contributed by atoms with Crippen molar-refractivity contribution in [2.24, 2.45) is 10.7 Å². The number of benzene rings is 1. The van der Waals surface area contributed by atoms with Crippen LogP contribution in [0.4, 0.5) is 0 Å². The molecule has 0 aromatic heterocycles. The summed E-state index contributed by atoms with van der Waals surface area (Å²) in [5.74, 6) is 0.581. The Morgan fingerprint density at radius 3 is 2.30 bits per heavy atom. The Labute approximate surface area is 181 Å². The Hall–Kier alpha value is -0.860. The van der Waals surface area contributed by atoms with E-state index in [4.69, 9.17) is 10.5 Å². The molecule has 2 unspecified atom stereocenters. The number of hydrogen-bond donors (Lipinski definition) is 2. The number of halogens is 1. The lowest BCUT2D eigenvalue weighted by molar-refractivity contribution is -0.0704. The lowest BCUT2D eigenvalue weighted by Gasteiger charge is -2.35. The van der Waals surface area contributed by atoms with Crippen LogP contribution in [0.1, 0.15) is 57.1 Å². The molecule has 3 rings (SSSR count). The molecule has 0 bridgehead atoms. The van der Waals surface area contributed by atoms with Gasteiger partial charge in [0, 0.05) is 25.7 Å². The van der Waals surface area contributed by atoms with Crippen molar-refractivity contribution >= 4 is 29.9 Å². The molecular weight excluding hydrogens is 451 g/mol. The first kappa shape index (κ1) is 22.4. The molecule has 2 aliphatic rings. The summed E-state index contributed by atoms with van der Waals surface area (Å²) >= 11 is 0. The van der Waals surface area contributed by atoms with Crippen molar-refractivity contribution in [2.75, 3.05) is 13.1 Å². The summed E-state index contributed by atoms with van der Waals surface area (Å²) in [7, 11) is 0. The number of guanidine groups is 1. The maximum absolute atomic E-state index is 6.05. The fraction of sp³-hybridized carbons (Fsp3) is 0.667. The van der Waals surface area contributed by atoms with Crippen molar-refractivity contribution in [2.45, 2.75) is 77.3 Å². The Kier molecular flexibility index (Phi) is 9.32. The minimum absolute atomic E-state index is 0. The van der Waals surface area contributed by atoms with E-state index in [1.165, 1.54) is 43.2 Å². The zero-order chi connectivity index (χ0) is 18.4. The second-order valence-electron chi connectivity index (χ2n) is 7.95. The first-order valence-corrected chi connectivity index (χ1v) is 10.1. The van der Waals surface area contributed by atoms with Crippen LogP contribution in [0.15, 0.2) is 29.3 Å². The topological polar surface area (TPSA) is 62.9 Å². The lowest BCUT2D eigenvalue weighted by atomic mass is 9.96. The SMILES string of the molecule is CC1CN(Cc2ccc(CN=C(N)NC3CCCCC3)cc2)CC(C)O1.I. The van der Waals surface area contributed by atoms with Crippen molar-refractivity contribution in [1.82, 2.24) is 10.2 Å². The van der Waals surface area contributed by atoms with Crippen molar-refractivity contribution < 1.29 is 4.74 Å². The van der Waals surface area contributed by atoms with Crippen LogP contribution >= 0.6 is 24.0 Å². The number of nitrogens with zero attached hydrogens (tertiary/aromatic N) is 2. The summed E-state index contributed by atoms with van der Waals surface area (Å²) in [6, 6.07) is 9.26. The summed E-state index contributed by atoms with van der Waals surface area (Å²) in [6.07, 6.45) is 7.00. The van der Waals surface area contributed by atoms with Crippen LogP contribution in [0.2, 0.25) is 0 Å². The van der Waals surface area contributed by atoms with Crippen LogP contribution in [0.25, 0.3) is 0 Å². The standard InChI is InChI=1S/C21H34N4O.HI/c1-16-13-25(14-17(2)26-16)15-19-10-8-18(9-11-19)12-23-21(22)24-20-6-4-3-5-7-20;/h8-11,16-17,20H,3-7,12-15H2,1-2H3,(H3,22,23,24);1H. The van der Waals surface area contributed by atoms with Gasteiger partial charge < -0.3 is 15.8 Å². The van der Waals surface area contributed by atoms with Gasteiger partial charge in [-0.05, 0) is 37.8 Å². The Morgan fingerprint density at radius 2 is 1.67 bits per heavy atom. The lowest BCUT2D eigenvalue weighted by Crippen LogP contribution is -2.44. The highest BCUT2D eigenvalue weighted by Gasteiger charge is 2.21. The highest BCUT2D eigenvalue weighted by molar-refractivity contribution is 14.0. The van der Waals surface area contributed by atoms with Crippen LogP contribution in [-0.4, -0.2) is 42.2 Å². The summed E-state index contributed by atoms with van der Waals surface area (Å²) in [6.45, 7) is 7.91. The molecule has 2 atom stereocenters. The van der Waals surface area contributed by atoms with Gasteiger partial charge in [-0.3, -0.25) is 4.90 Å². The molecule has 3 N–H and O–H groups in total. The van der Waals surface area contributed by atoms with Gasteiger partial charge in [-0.25, -0.2) is 4.99 Å². The Morgan fingerprint density at radius 1 is 1.07 bits per heavy atom. The number of morpholine rings is 1. The van der Waals surface area contributed by atoms with Crippen LogP contribution < -0.4 is 11.1 Å². The third-order valence-corrected chi connectivity index (χ3v) is 5.31. The first-order chi connectivity index (χ1) is 12.6. The van der Waals surface area contributed by atoms with Gasteiger partial charge in [-0.1, -0.05) is 43.5 Å². The van der Waals surface area contributed by atoms with E-state index in [0.29, 0.717) is 30.8 Å². The molecule has 1 heterocycles. The number of nitrogens with one attached hydrogen (secondary N) is 1. The van der Waals surface area contributed by atoms with Gasteiger partial charge in [0.1, 0.15) is 0 Å². The van der Waals surface area contributed by atoms with E-state index < -0.39 is 0 Å². The molecule has 27 heavy (non-hydrogen) atoms. The van der Waals surface area contributed by atoms with E-state index in [0.717, 1.165) is 19.6 Å².